The van der Waals surface area contributed by atoms with E-state index in [-0.39, 0.29) is 18.2 Å². The summed E-state index contributed by atoms with van der Waals surface area (Å²) in [7, 11) is 4.83. The van der Waals surface area contributed by atoms with Crippen molar-refractivity contribution in [2.24, 2.45) is 0 Å². The number of likely N-dealkylation sites (N-methyl/N-ethyl adjacent to an activating group) is 1. The molecule has 1 heterocycles. The first-order valence-corrected chi connectivity index (χ1v) is 7.84. The molecule has 2 aromatic rings. The van der Waals surface area contributed by atoms with Gasteiger partial charge in [0.1, 0.15) is 5.82 Å². The third kappa shape index (κ3) is 5.10. The number of hydrogen-bond donors (Lipinski definition) is 2. The number of anilines is 1. The van der Waals surface area contributed by atoms with E-state index in [0.717, 1.165) is 5.56 Å². The standard InChI is InChI=1S/C18H21N3O5/c1-21(2)17(22)11-26-14-8-7-12(9-15(14)25-3)10-19-16-6-4-5-13(20-16)18(23)24/h4-9H,10-11H2,1-3H3,(H,19,20)(H,23,24). The molecule has 2 rings (SSSR count). The Morgan fingerprint density at radius 1 is 1.19 bits per heavy atom. The Hall–Kier alpha value is -3.29. The Morgan fingerprint density at radius 3 is 2.62 bits per heavy atom. The highest BCUT2D eigenvalue weighted by Crippen LogP contribution is 2.28. The first-order valence-electron chi connectivity index (χ1n) is 7.84. The number of amides is 1. The largest absolute Gasteiger partial charge is 0.493 e. The lowest BCUT2D eigenvalue weighted by molar-refractivity contribution is -0.130. The minimum absolute atomic E-state index is 0.0260. The van der Waals surface area contributed by atoms with Gasteiger partial charge in [-0.2, -0.15) is 0 Å². The van der Waals surface area contributed by atoms with Crippen LogP contribution in [0.5, 0.6) is 11.5 Å². The molecule has 0 atom stereocenters. The minimum atomic E-state index is -1.08. The Morgan fingerprint density at radius 2 is 1.96 bits per heavy atom. The molecule has 2 N–H and O–H groups in total. The van der Waals surface area contributed by atoms with Crippen LogP contribution in [0, 0.1) is 0 Å². The molecule has 0 aliphatic carbocycles. The van der Waals surface area contributed by atoms with Crippen LogP contribution >= 0.6 is 0 Å². The van der Waals surface area contributed by atoms with Gasteiger partial charge in [-0.15, -0.1) is 0 Å². The molecular formula is C18H21N3O5. The zero-order valence-corrected chi connectivity index (χ0v) is 14.9. The van der Waals surface area contributed by atoms with Crippen molar-refractivity contribution in [2.45, 2.75) is 6.54 Å². The summed E-state index contributed by atoms with van der Waals surface area (Å²) >= 11 is 0. The number of aromatic nitrogens is 1. The predicted molar refractivity (Wildman–Crippen MR) is 95.7 cm³/mol. The van der Waals surface area contributed by atoms with Crippen LogP contribution in [0.15, 0.2) is 36.4 Å². The molecule has 0 bridgehead atoms. The summed E-state index contributed by atoms with van der Waals surface area (Å²) in [5.74, 6) is 0.201. The van der Waals surface area contributed by atoms with Crippen LogP contribution in [0.2, 0.25) is 0 Å². The van der Waals surface area contributed by atoms with Crippen molar-refractivity contribution >= 4 is 17.7 Å². The van der Waals surface area contributed by atoms with Crippen LogP contribution in [-0.4, -0.2) is 54.7 Å². The van der Waals surface area contributed by atoms with Gasteiger partial charge < -0.3 is 24.8 Å². The molecule has 0 radical (unpaired) electrons. The van der Waals surface area contributed by atoms with E-state index >= 15 is 0 Å². The van der Waals surface area contributed by atoms with Crippen molar-refractivity contribution < 1.29 is 24.2 Å². The summed E-state index contributed by atoms with van der Waals surface area (Å²) in [5, 5.41) is 12.0. The normalized spacial score (nSPS) is 10.1. The number of nitrogens with one attached hydrogen (secondary N) is 1. The third-order valence-electron chi connectivity index (χ3n) is 3.52. The number of methoxy groups -OCH3 is 1. The van der Waals surface area contributed by atoms with E-state index in [1.54, 1.807) is 38.4 Å². The SMILES string of the molecule is COc1cc(CNc2cccc(C(=O)O)n2)ccc1OCC(=O)N(C)C. The highest BCUT2D eigenvalue weighted by molar-refractivity contribution is 5.85. The van der Waals surface area contributed by atoms with E-state index in [0.29, 0.717) is 23.9 Å². The molecule has 0 aliphatic rings. The molecule has 0 fully saturated rings. The number of aromatic carboxylic acids is 1. The van der Waals surface area contributed by atoms with Crippen LogP contribution in [-0.2, 0) is 11.3 Å². The average Bonchev–Trinajstić information content (AvgIpc) is 2.64. The van der Waals surface area contributed by atoms with E-state index in [2.05, 4.69) is 10.3 Å². The first kappa shape index (κ1) is 19.0. The van der Waals surface area contributed by atoms with Crippen molar-refractivity contribution in [2.75, 3.05) is 33.1 Å². The molecule has 0 spiro atoms. The Balaban J connectivity index is 2.03. The third-order valence-corrected chi connectivity index (χ3v) is 3.52. The van der Waals surface area contributed by atoms with Gasteiger partial charge in [0.25, 0.3) is 5.91 Å². The second kappa shape index (κ2) is 8.70. The van der Waals surface area contributed by atoms with Crippen molar-refractivity contribution in [3.8, 4) is 11.5 Å². The lowest BCUT2D eigenvalue weighted by Crippen LogP contribution is -2.27. The summed E-state index contributed by atoms with van der Waals surface area (Å²) in [4.78, 5) is 28.0. The monoisotopic (exact) mass is 359 g/mol. The number of carboxylic acid groups (broad SMARTS) is 1. The quantitative estimate of drug-likeness (QED) is 0.742. The summed E-state index contributed by atoms with van der Waals surface area (Å²) in [5.41, 5.74) is 0.859. The van der Waals surface area contributed by atoms with E-state index in [1.165, 1.54) is 18.1 Å². The number of carbonyl (C=O) groups is 2. The molecular weight excluding hydrogens is 338 g/mol. The average molecular weight is 359 g/mol. The Kier molecular flexibility index (Phi) is 6.37. The van der Waals surface area contributed by atoms with Crippen molar-refractivity contribution in [3.05, 3.63) is 47.7 Å². The van der Waals surface area contributed by atoms with Crippen molar-refractivity contribution in [1.82, 2.24) is 9.88 Å². The lowest BCUT2D eigenvalue weighted by atomic mass is 10.2. The van der Waals surface area contributed by atoms with Crippen molar-refractivity contribution in [3.63, 3.8) is 0 Å². The van der Waals surface area contributed by atoms with Gasteiger partial charge in [0.2, 0.25) is 0 Å². The summed E-state index contributed by atoms with van der Waals surface area (Å²) < 4.78 is 10.8. The number of nitrogens with zero attached hydrogens (tertiary/aromatic N) is 2. The van der Waals surface area contributed by atoms with Gasteiger partial charge in [-0.3, -0.25) is 4.79 Å². The van der Waals surface area contributed by atoms with Gasteiger partial charge in [-0.05, 0) is 29.8 Å². The lowest BCUT2D eigenvalue weighted by Gasteiger charge is -2.14. The molecule has 0 unspecified atom stereocenters. The number of ether oxygens (including phenoxy) is 2. The highest BCUT2D eigenvalue weighted by atomic mass is 16.5. The number of carbonyl (C=O) groups excluding carboxylic acids is 1. The van der Waals surface area contributed by atoms with Gasteiger partial charge in [0, 0.05) is 20.6 Å². The molecule has 0 saturated carbocycles. The maximum Gasteiger partial charge on any atom is 0.354 e. The topological polar surface area (TPSA) is 101 Å². The molecule has 0 saturated heterocycles. The van der Waals surface area contributed by atoms with Gasteiger partial charge in [0.05, 0.1) is 7.11 Å². The molecule has 8 heteroatoms. The highest BCUT2D eigenvalue weighted by Gasteiger charge is 2.10. The molecule has 138 valence electrons. The van der Waals surface area contributed by atoms with E-state index in [4.69, 9.17) is 14.6 Å². The van der Waals surface area contributed by atoms with Crippen LogP contribution in [0.25, 0.3) is 0 Å². The minimum Gasteiger partial charge on any atom is -0.493 e. The fourth-order valence-electron chi connectivity index (χ4n) is 2.05. The summed E-state index contributed by atoms with van der Waals surface area (Å²) in [6, 6.07) is 10.1. The second-order valence-electron chi connectivity index (χ2n) is 5.63. The van der Waals surface area contributed by atoms with Crippen LogP contribution < -0.4 is 14.8 Å². The fourth-order valence-corrected chi connectivity index (χ4v) is 2.05. The van der Waals surface area contributed by atoms with Crippen LogP contribution in [0.1, 0.15) is 16.1 Å². The Labute approximate surface area is 151 Å². The summed E-state index contributed by atoms with van der Waals surface area (Å²) in [6.07, 6.45) is 0. The van der Waals surface area contributed by atoms with Gasteiger partial charge >= 0.3 is 5.97 Å². The maximum absolute atomic E-state index is 11.6. The number of carboxylic acids is 1. The van der Waals surface area contributed by atoms with Crippen molar-refractivity contribution in [1.29, 1.82) is 0 Å². The molecule has 1 aromatic carbocycles. The van der Waals surface area contributed by atoms with Gasteiger partial charge in [0.15, 0.2) is 23.8 Å². The molecule has 8 nitrogen and oxygen atoms in total. The Bertz CT molecular complexity index is 792. The number of hydrogen-bond acceptors (Lipinski definition) is 6. The second-order valence-corrected chi connectivity index (χ2v) is 5.63. The molecule has 26 heavy (non-hydrogen) atoms. The zero-order valence-electron chi connectivity index (χ0n) is 14.9. The number of rotatable bonds is 8. The van der Waals surface area contributed by atoms with Crippen LogP contribution in [0.4, 0.5) is 5.82 Å². The summed E-state index contributed by atoms with van der Waals surface area (Å²) in [6.45, 7) is 0.343. The smallest absolute Gasteiger partial charge is 0.354 e. The number of pyridine rings is 1. The molecule has 1 amide bonds. The molecule has 1 aromatic heterocycles. The van der Waals surface area contributed by atoms with Gasteiger partial charge in [-0.25, -0.2) is 9.78 Å². The van der Waals surface area contributed by atoms with Crippen LogP contribution in [0.3, 0.4) is 0 Å². The zero-order chi connectivity index (χ0) is 19.1. The number of benzene rings is 1. The maximum atomic E-state index is 11.6. The fraction of sp³-hybridized carbons (Fsp3) is 0.278. The van der Waals surface area contributed by atoms with E-state index < -0.39 is 5.97 Å². The van der Waals surface area contributed by atoms with E-state index in [9.17, 15) is 9.59 Å². The van der Waals surface area contributed by atoms with E-state index in [1.807, 2.05) is 6.07 Å². The molecule has 0 aliphatic heterocycles. The van der Waals surface area contributed by atoms with Gasteiger partial charge in [-0.1, -0.05) is 12.1 Å². The predicted octanol–water partition coefficient (Wildman–Crippen LogP) is 1.87. The first-order chi connectivity index (χ1) is 12.4.